The summed E-state index contributed by atoms with van der Waals surface area (Å²) in [5, 5.41) is 20.6. The molecule has 0 radical (unpaired) electrons. The highest BCUT2D eigenvalue weighted by Gasteiger charge is 2.31. The zero-order chi connectivity index (χ0) is 15.6. The number of piperidine rings is 1. The topological polar surface area (TPSA) is 83.7 Å². The number of amides is 1. The molecule has 21 heavy (non-hydrogen) atoms. The van der Waals surface area contributed by atoms with Crippen molar-refractivity contribution in [3.63, 3.8) is 0 Å². The van der Waals surface area contributed by atoms with Crippen LogP contribution in [0, 0.1) is 10.1 Å². The summed E-state index contributed by atoms with van der Waals surface area (Å²) in [6, 6.07) is 3.57. The Morgan fingerprint density at radius 1 is 1.52 bits per heavy atom. The summed E-state index contributed by atoms with van der Waals surface area (Å²) in [4.78, 5) is 24.3. The van der Waals surface area contributed by atoms with Crippen LogP contribution in [0.25, 0.3) is 0 Å². The molecule has 0 spiro atoms. The largest absolute Gasteiger partial charge is 0.391 e. The van der Waals surface area contributed by atoms with E-state index in [2.05, 4.69) is 0 Å². The Kier molecular flexibility index (Phi) is 4.80. The summed E-state index contributed by atoms with van der Waals surface area (Å²) in [5.41, 5.74) is 0.0806. The second kappa shape index (κ2) is 6.41. The van der Waals surface area contributed by atoms with Gasteiger partial charge in [0, 0.05) is 18.7 Å². The molecule has 1 heterocycles. The number of nitrogens with zero attached hydrogens (tertiary/aromatic N) is 2. The Morgan fingerprint density at radius 2 is 2.24 bits per heavy atom. The van der Waals surface area contributed by atoms with E-state index in [9.17, 15) is 20.0 Å². The number of halogens is 1. The molecule has 1 aromatic carbocycles. The standard InChI is InChI=1S/C14H17ClN2O4/c1-9(18)13-4-2-3-7-16(13)14(19)11-6-5-10(17(20)21)8-12(11)15/h5-6,8-9,13,18H,2-4,7H2,1H3/t9-,13+/m1/s1. The average Bonchev–Trinajstić information content (AvgIpc) is 2.46. The van der Waals surface area contributed by atoms with E-state index in [0.29, 0.717) is 6.54 Å². The highest BCUT2D eigenvalue weighted by molar-refractivity contribution is 6.34. The SMILES string of the molecule is C[C@@H](O)[C@@H]1CCCCN1C(=O)c1ccc([N+](=O)[O-])cc1Cl. The molecule has 0 aliphatic carbocycles. The van der Waals surface area contributed by atoms with E-state index in [-0.39, 0.29) is 28.2 Å². The van der Waals surface area contributed by atoms with Gasteiger partial charge in [0.15, 0.2) is 0 Å². The van der Waals surface area contributed by atoms with Gasteiger partial charge < -0.3 is 10.0 Å². The van der Waals surface area contributed by atoms with Crippen molar-refractivity contribution in [1.82, 2.24) is 4.90 Å². The van der Waals surface area contributed by atoms with Crippen LogP contribution in [0.1, 0.15) is 36.5 Å². The molecule has 0 bridgehead atoms. The molecule has 1 saturated heterocycles. The van der Waals surface area contributed by atoms with Crippen LogP contribution in [-0.2, 0) is 0 Å². The van der Waals surface area contributed by atoms with Crippen LogP contribution < -0.4 is 0 Å². The number of benzene rings is 1. The number of hydrogen-bond donors (Lipinski definition) is 1. The second-order valence-corrected chi connectivity index (χ2v) is 5.63. The molecule has 1 aromatic rings. The number of nitro groups is 1. The summed E-state index contributed by atoms with van der Waals surface area (Å²) in [5.74, 6) is -0.291. The number of carbonyl (C=O) groups excluding carboxylic acids is 1. The molecular weight excluding hydrogens is 296 g/mol. The van der Waals surface area contributed by atoms with Gasteiger partial charge in [-0.2, -0.15) is 0 Å². The molecule has 2 atom stereocenters. The number of nitro benzene ring substituents is 1. The normalized spacial score (nSPS) is 20.1. The molecule has 0 saturated carbocycles. The number of carbonyl (C=O) groups is 1. The Morgan fingerprint density at radius 3 is 2.81 bits per heavy atom. The molecule has 1 aliphatic heterocycles. The number of aliphatic hydroxyl groups is 1. The second-order valence-electron chi connectivity index (χ2n) is 5.22. The minimum atomic E-state index is -0.619. The number of hydrogen-bond acceptors (Lipinski definition) is 4. The van der Waals surface area contributed by atoms with Crippen molar-refractivity contribution in [2.24, 2.45) is 0 Å². The van der Waals surface area contributed by atoms with Crippen molar-refractivity contribution in [3.8, 4) is 0 Å². The summed E-state index contributed by atoms with van der Waals surface area (Å²) >= 11 is 6.00. The van der Waals surface area contributed by atoms with E-state index in [4.69, 9.17) is 11.6 Å². The summed E-state index contributed by atoms with van der Waals surface area (Å²) < 4.78 is 0. The van der Waals surface area contributed by atoms with Crippen molar-refractivity contribution < 1.29 is 14.8 Å². The van der Waals surface area contributed by atoms with Crippen molar-refractivity contribution in [2.75, 3.05) is 6.54 Å². The van der Waals surface area contributed by atoms with Crippen LogP contribution in [0.5, 0.6) is 0 Å². The van der Waals surface area contributed by atoms with Crippen molar-refractivity contribution >= 4 is 23.2 Å². The highest BCUT2D eigenvalue weighted by Crippen LogP contribution is 2.27. The van der Waals surface area contributed by atoms with Gasteiger partial charge >= 0.3 is 0 Å². The Bertz CT molecular complexity index is 562. The van der Waals surface area contributed by atoms with Gasteiger partial charge in [-0.1, -0.05) is 11.6 Å². The van der Waals surface area contributed by atoms with Crippen molar-refractivity contribution in [1.29, 1.82) is 0 Å². The molecular formula is C14H17ClN2O4. The van der Waals surface area contributed by atoms with Crippen LogP contribution in [0.4, 0.5) is 5.69 Å². The lowest BCUT2D eigenvalue weighted by atomic mass is 9.97. The van der Waals surface area contributed by atoms with E-state index in [1.54, 1.807) is 11.8 Å². The van der Waals surface area contributed by atoms with Crippen LogP contribution >= 0.6 is 11.6 Å². The first kappa shape index (κ1) is 15.7. The number of rotatable bonds is 3. The van der Waals surface area contributed by atoms with Crippen LogP contribution in [0.3, 0.4) is 0 Å². The molecule has 6 nitrogen and oxygen atoms in total. The fourth-order valence-corrected chi connectivity index (χ4v) is 2.91. The lowest BCUT2D eigenvalue weighted by Crippen LogP contribution is -2.49. The molecule has 1 amide bonds. The van der Waals surface area contributed by atoms with E-state index in [1.807, 2.05) is 0 Å². The molecule has 1 fully saturated rings. The number of likely N-dealkylation sites (tertiary alicyclic amines) is 1. The van der Waals surface area contributed by atoms with E-state index in [0.717, 1.165) is 19.3 Å². The Hall–Kier alpha value is -1.66. The Labute approximate surface area is 127 Å². The number of non-ortho nitro benzene ring substituents is 1. The third-order valence-corrected chi connectivity index (χ3v) is 4.07. The first-order valence-electron chi connectivity index (χ1n) is 6.85. The van der Waals surface area contributed by atoms with Gasteiger partial charge in [0.05, 0.1) is 27.7 Å². The predicted octanol–water partition coefficient (Wildman–Crippen LogP) is 2.62. The summed E-state index contributed by atoms with van der Waals surface area (Å²) in [6.07, 6.45) is 1.96. The van der Waals surface area contributed by atoms with E-state index >= 15 is 0 Å². The monoisotopic (exact) mass is 312 g/mol. The first-order valence-corrected chi connectivity index (χ1v) is 7.22. The third kappa shape index (κ3) is 3.33. The molecule has 0 aromatic heterocycles. The number of aliphatic hydroxyl groups excluding tert-OH is 1. The van der Waals surface area contributed by atoms with Crippen LogP contribution in [-0.4, -0.2) is 39.5 Å². The first-order chi connectivity index (χ1) is 9.91. The fourth-order valence-electron chi connectivity index (χ4n) is 2.66. The van der Waals surface area contributed by atoms with E-state index in [1.165, 1.54) is 18.2 Å². The predicted molar refractivity (Wildman–Crippen MR) is 78.5 cm³/mol. The van der Waals surface area contributed by atoms with Crippen molar-refractivity contribution in [2.45, 2.75) is 38.3 Å². The van der Waals surface area contributed by atoms with Crippen LogP contribution in [0.15, 0.2) is 18.2 Å². The van der Waals surface area contributed by atoms with Gasteiger partial charge in [0.1, 0.15) is 0 Å². The maximum atomic E-state index is 12.6. The zero-order valence-electron chi connectivity index (χ0n) is 11.7. The molecule has 1 aliphatic rings. The Balaban J connectivity index is 2.28. The lowest BCUT2D eigenvalue weighted by Gasteiger charge is -2.37. The maximum Gasteiger partial charge on any atom is 0.270 e. The van der Waals surface area contributed by atoms with Gasteiger partial charge in [0.25, 0.3) is 11.6 Å². The van der Waals surface area contributed by atoms with Gasteiger partial charge in [-0.25, -0.2) is 0 Å². The van der Waals surface area contributed by atoms with Crippen LogP contribution in [0.2, 0.25) is 5.02 Å². The van der Waals surface area contributed by atoms with Gasteiger partial charge in [0.2, 0.25) is 0 Å². The lowest BCUT2D eigenvalue weighted by molar-refractivity contribution is -0.384. The van der Waals surface area contributed by atoms with Gasteiger partial charge in [-0.05, 0) is 32.3 Å². The maximum absolute atomic E-state index is 12.6. The van der Waals surface area contributed by atoms with E-state index < -0.39 is 11.0 Å². The molecule has 0 unspecified atom stereocenters. The smallest absolute Gasteiger partial charge is 0.270 e. The third-order valence-electron chi connectivity index (χ3n) is 3.76. The fraction of sp³-hybridized carbons (Fsp3) is 0.500. The van der Waals surface area contributed by atoms with Gasteiger partial charge in [-0.15, -0.1) is 0 Å². The molecule has 114 valence electrons. The van der Waals surface area contributed by atoms with Gasteiger partial charge in [-0.3, -0.25) is 14.9 Å². The van der Waals surface area contributed by atoms with Crippen molar-refractivity contribution in [3.05, 3.63) is 38.9 Å². The average molecular weight is 313 g/mol. The highest BCUT2D eigenvalue weighted by atomic mass is 35.5. The zero-order valence-corrected chi connectivity index (χ0v) is 12.4. The summed E-state index contributed by atoms with van der Waals surface area (Å²) in [7, 11) is 0. The molecule has 2 rings (SSSR count). The molecule has 7 heteroatoms. The quantitative estimate of drug-likeness (QED) is 0.687. The molecule has 1 N–H and O–H groups in total. The minimum absolute atomic E-state index is 0.0594. The minimum Gasteiger partial charge on any atom is -0.391 e. The summed E-state index contributed by atoms with van der Waals surface area (Å²) in [6.45, 7) is 2.22.